The van der Waals surface area contributed by atoms with E-state index >= 15 is 0 Å². The number of nitrogens with zero attached hydrogens (tertiary/aromatic N) is 1. The zero-order chi connectivity index (χ0) is 15.3. The Morgan fingerprint density at radius 2 is 2.15 bits per heavy atom. The number of carboxylic acid groups (broad SMARTS) is 1. The van der Waals surface area contributed by atoms with Crippen molar-refractivity contribution in [1.82, 2.24) is 0 Å². The monoisotopic (exact) mass is 303 g/mol. The third-order valence-corrected chi connectivity index (χ3v) is 3.13. The van der Waals surface area contributed by atoms with E-state index < -0.39 is 33.9 Å². The van der Waals surface area contributed by atoms with Gasteiger partial charge in [0.2, 0.25) is 0 Å². The van der Waals surface area contributed by atoms with Gasteiger partial charge in [0.1, 0.15) is 11.4 Å². The number of hydrogen-bond acceptors (Lipinski definition) is 6. The lowest BCUT2D eigenvalue weighted by Gasteiger charge is -2.05. The average Bonchev–Trinajstić information content (AvgIpc) is 2.36. The van der Waals surface area contributed by atoms with Crippen LogP contribution in [0.25, 0.3) is 0 Å². The van der Waals surface area contributed by atoms with E-state index in [1.165, 1.54) is 0 Å². The highest BCUT2D eigenvalue weighted by molar-refractivity contribution is 8.00. The number of hydrogen-bond donors (Lipinski definition) is 1. The second kappa shape index (κ2) is 6.85. The Bertz CT molecular complexity index is 562. The topological polar surface area (TPSA) is 107 Å². The average molecular weight is 303 g/mol. The number of rotatable bonds is 6. The van der Waals surface area contributed by atoms with Crippen LogP contribution in [0, 0.1) is 15.9 Å². The minimum Gasteiger partial charge on any atom is -0.477 e. The van der Waals surface area contributed by atoms with Crippen molar-refractivity contribution in [3.63, 3.8) is 0 Å². The van der Waals surface area contributed by atoms with Crippen molar-refractivity contribution in [2.75, 3.05) is 12.4 Å². The minimum atomic E-state index is -1.55. The fraction of sp³-hybridized carbons (Fsp3) is 0.273. The van der Waals surface area contributed by atoms with E-state index in [4.69, 9.17) is 5.11 Å². The van der Waals surface area contributed by atoms with Crippen LogP contribution in [0.4, 0.5) is 10.1 Å². The molecule has 9 heteroatoms. The molecule has 0 heterocycles. The molecule has 7 nitrogen and oxygen atoms in total. The number of carbonyl (C=O) groups excluding carboxylic acids is 1. The van der Waals surface area contributed by atoms with Gasteiger partial charge in [-0.1, -0.05) is 0 Å². The van der Waals surface area contributed by atoms with Crippen LogP contribution in [0.1, 0.15) is 17.3 Å². The molecule has 1 rings (SSSR count). The summed E-state index contributed by atoms with van der Waals surface area (Å²) in [6.07, 6.45) is 0. The van der Waals surface area contributed by atoms with E-state index in [0.717, 1.165) is 6.07 Å². The maximum Gasteiger partial charge on any atom is 0.342 e. The Kier molecular flexibility index (Phi) is 5.44. The second-order valence-electron chi connectivity index (χ2n) is 3.46. The Morgan fingerprint density at radius 3 is 2.65 bits per heavy atom. The lowest BCUT2D eigenvalue weighted by molar-refractivity contribution is -0.385. The van der Waals surface area contributed by atoms with Crippen LogP contribution < -0.4 is 0 Å². The highest BCUT2D eigenvalue weighted by Crippen LogP contribution is 2.29. The van der Waals surface area contributed by atoms with Gasteiger partial charge >= 0.3 is 11.9 Å². The number of carbonyl (C=O) groups is 2. The number of halogens is 1. The molecule has 0 spiro atoms. The van der Waals surface area contributed by atoms with Gasteiger partial charge in [-0.05, 0) is 13.0 Å². The number of benzene rings is 1. The highest BCUT2D eigenvalue weighted by Gasteiger charge is 2.23. The van der Waals surface area contributed by atoms with E-state index in [1.54, 1.807) is 6.92 Å². The van der Waals surface area contributed by atoms with Gasteiger partial charge < -0.3 is 9.84 Å². The third-order valence-electron chi connectivity index (χ3n) is 2.13. The van der Waals surface area contributed by atoms with E-state index in [0.29, 0.717) is 17.8 Å². The molecule has 0 radical (unpaired) electrons. The molecule has 0 fully saturated rings. The lowest BCUT2D eigenvalue weighted by atomic mass is 10.2. The molecule has 0 unspecified atom stereocenters. The molecule has 0 aromatic heterocycles. The van der Waals surface area contributed by atoms with Crippen molar-refractivity contribution >= 4 is 29.4 Å². The van der Waals surface area contributed by atoms with Gasteiger partial charge in [0.25, 0.3) is 5.69 Å². The molecule has 0 aliphatic carbocycles. The molecule has 0 amide bonds. The summed E-state index contributed by atoms with van der Waals surface area (Å²) in [4.78, 5) is 31.5. The molecular formula is C11H10FNO6S. The molecule has 0 aliphatic heterocycles. The zero-order valence-electron chi connectivity index (χ0n) is 10.3. The number of ether oxygens (including phenoxy) is 1. The molecule has 108 valence electrons. The summed E-state index contributed by atoms with van der Waals surface area (Å²) in [6, 6.07) is 1.36. The van der Waals surface area contributed by atoms with Crippen LogP contribution in [0.5, 0.6) is 0 Å². The van der Waals surface area contributed by atoms with Crippen LogP contribution >= 0.6 is 11.8 Å². The first-order chi connectivity index (χ1) is 9.36. The molecule has 1 aromatic rings. The second-order valence-corrected chi connectivity index (χ2v) is 4.47. The smallest absolute Gasteiger partial charge is 0.342 e. The zero-order valence-corrected chi connectivity index (χ0v) is 11.1. The van der Waals surface area contributed by atoms with E-state index in [2.05, 4.69) is 4.74 Å². The lowest BCUT2D eigenvalue weighted by Crippen LogP contribution is -2.08. The number of nitro groups is 1. The number of thioether (sulfide) groups is 1. The Hall–Kier alpha value is -2.16. The summed E-state index contributed by atoms with van der Waals surface area (Å²) in [5, 5.41) is 19.5. The molecule has 0 bridgehead atoms. The van der Waals surface area contributed by atoms with E-state index in [1.807, 2.05) is 0 Å². The van der Waals surface area contributed by atoms with Gasteiger partial charge in [-0.15, -0.1) is 11.8 Å². The summed E-state index contributed by atoms with van der Waals surface area (Å²) in [5.74, 6) is -3.32. The van der Waals surface area contributed by atoms with Crippen LogP contribution in [-0.4, -0.2) is 34.3 Å². The summed E-state index contributed by atoms with van der Waals surface area (Å²) in [5.41, 5.74) is -1.47. The first-order valence-corrected chi connectivity index (χ1v) is 6.35. The van der Waals surface area contributed by atoms with Gasteiger partial charge in [-0.2, -0.15) is 0 Å². The van der Waals surface area contributed by atoms with Crippen molar-refractivity contribution in [3.05, 3.63) is 33.6 Å². The third kappa shape index (κ3) is 3.92. The predicted molar refractivity (Wildman–Crippen MR) is 67.4 cm³/mol. The van der Waals surface area contributed by atoms with Gasteiger partial charge in [-0.25, -0.2) is 9.18 Å². The van der Waals surface area contributed by atoms with Crippen LogP contribution in [0.15, 0.2) is 17.0 Å². The molecule has 1 N–H and O–H groups in total. The maximum absolute atomic E-state index is 13.6. The van der Waals surface area contributed by atoms with Crippen LogP contribution in [0.2, 0.25) is 0 Å². The first-order valence-electron chi connectivity index (χ1n) is 5.36. The fourth-order valence-electron chi connectivity index (χ4n) is 1.32. The molecule has 0 aliphatic rings. The number of nitro benzene ring substituents is 1. The summed E-state index contributed by atoms with van der Waals surface area (Å²) < 4.78 is 18.3. The summed E-state index contributed by atoms with van der Waals surface area (Å²) in [6.45, 7) is 1.78. The molecule has 0 atom stereocenters. The molecule has 0 saturated carbocycles. The number of aromatic carboxylic acids is 1. The van der Waals surface area contributed by atoms with Crippen molar-refractivity contribution in [2.45, 2.75) is 11.8 Å². The van der Waals surface area contributed by atoms with Crippen molar-refractivity contribution in [3.8, 4) is 0 Å². The number of carboxylic acids is 1. The standard InChI is InChI=1S/C11H10FNO6S/c1-2-19-10(14)5-20-9-3-6(11(15)16)8(13(17)18)4-7(9)12/h3-4H,2,5H2,1H3,(H,15,16). The Labute approximate surface area is 116 Å². The van der Waals surface area contributed by atoms with Gasteiger partial charge in [0.15, 0.2) is 0 Å². The largest absolute Gasteiger partial charge is 0.477 e. The Morgan fingerprint density at radius 1 is 1.50 bits per heavy atom. The van der Waals surface area contributed by atoms with Gasteiger partial charge in [-0.3, -0.25) is 14.9 Å². The SMILES string of the molecule is CCOC(=O)CSc1cc(C(=O)O)c([N+](=O)[O-])cc1F. The quantitative estimate of drug-likeness (QED) is 0.371. The van der Waals surface area contributed by atoms with E-state index in [9.17, 15) is 24.1 Å². The fourth-order valence-corrected chi connectivity index (χ4v) is 2.07. The maximum atomic E-state index is 13.6. The minimum absolute atomic E-state index is 0.166. The first kappa shape index (κ1) is 15.9. The predicted octanol–water partition coefficient (Wildman–Crippen LogP) is 2.09. The molecule has 20 heavy (non-hydrogen) atoms. The van der Waals surface area contributed by atoms with Crippen LogP contribution in [-0.2, 0) is 9.53 Å². The highest BCUT2D eigenvalue weighted by atomic mass is 32.2. The van der Waals surface area contributed by atoms with Crippen molar-refractivity contribution < 1.29 is 28.7 Å². The number of esters is 1. The molecule has 1 aromatic carbocycles. The summed E-state index contributed by atoms with van der Waals surface area (Å²) >= 11 is 0.712. The van der Waals surface area contributed by atoms with Crippen LogP contribution in [0.3, 0.4) is 0 Å². The van der Waals surface area contributed by atoms with Gasteiger partial charge in [0.05, 0.1) is 23.3 Å². The molecule has 0 saturated heterocycles. The van der Waals surface area contributed by atoms with Crippen molar-refractivity contribution in [1.29, 1.82) is 0 Å². The normalized spacial score (nSPS) is 10.1. The van der Waals surface area contributed by atoms with Gasteiger partial charge in [0, 0.05) is 4.90 Å². The van der Waals surface area contributed by atoms with E-state index in [-0.39, 0.29) is 17.3 Å². The molecular weight excluding hydrogens is 293 g/mol. The Balaban J connectivity index is 3.04. The summed E-state index contributed by atoms with van der Waals surface area (Å²) in [7, 11) is 0. The van der Waals surface area contributed by atoms with Crippen molar-refractivity contribution in [2.24, 2.45) is 0 Å².